The van der Waals surface area contributed by atoms with Crippen LogP contribution in [0.5, 0.6) is 0 Å². The molecule has 1 aromatic rings. The molecule has 0 spiro atoms. The number of amides is 1. The molecule has 1 aromatic heterocycles. The van der Waals surface area contributed by atoms with Gasteiger partial charge in [0.2, 0.25) is 5.91 Å². The number of primary amides is 1. The highest BCUT2D eigenvalue weighted by Crippen LogP contribution is 2.35. The van der Waals surface area contributed by atoms with Crippen LogP contribution in [-0.4, -0.2) is 29.9 Å². The van der Waals surface area contributed by atoms with E-state index in [0.717, 1.165) is 36.7 Å². The van der Waals surface area contributed by atoms with Crippen LogP contribution in [-0.2, 0) is 4.79 Å². The van der Waals surface area contributed by atoms with Crippen molar-refractivity contribution in [1.82, 2.24) is 4.90 Å². The number of piperidine rings is 1. The molecule has 1 amide bonds. The predicted octanol–water partition coefficient (Wildman–Crippen LogP) is 2.77. The number of hydrogen-bond acceptors (Lipinski definition) is 4. The molecular weight excluding hydrogens is 306 g/mol. The SMILES string of the molecule is CCC(N)C(c1ccc(Cl)s1)N1CCC(CC(N)=O)CC1. The molecule has 0 aliphatic carbocycles. The molecule has 4 N–H and O–H groups in total. The summed E-state index contributed by atoms with van der Waals surface area (Å²) in [6.45, 7) is 4.05. The molecule has 2 rings (SSSR count). The first kappa shape index (κ1) is 16.7. The van der Waals surface area contributed by atoms with Crippen LogP contribution in [0.2, 0.25) is 4.34 Å². The zero-order chi connectivity index (χ0) is 15.4. The van der Waals surface area contributed by atoms with Crippen molar-refractivity contribution < 1.29 is 4.79 Å². The lowest BCUT2D eigenvalue weighted by atomic mass is 9.91. The summed E-state index contributed by atoms with van der Waals surface area (Å²) < 4.78 is 0.807. The van der Waals surface area contributed by atoms with Gasteiger partial charge in [-0.25, -0.2) is 0 Å². The van der Waals surface area contributed by atoms with Crippen molar-refractivity contribution in [2.24, 2.45) is 17.4 Å². The normalized spacial score (nSPS) is 20.3. The zero-order valence-corrected chi connectivity index (χ0v) is 14.0. The van der Waals surface area contributed by atoms with Gasteiger partial charge in [-0.15, -0.1) is 11.3 Å². The quantitative estimate of drug-likeness (QED) is 0.843. The smallest absolute Gasteiger partial charge is 0.217 e. The maximum Gasteiger partial charge on any atom is 0.217 e. The monoisotopic (exact) mass is 329 g/mol. The molecule has 4 nitrogen and oxygen atoms in total. The first-order chi connectivity index (χ1) is 10.0. The minimum Gasteiger partial charge on any atom is -0.370 e. The van der Waals surface area contributed by atoms with Gasteiger partial charge in [0.05, 0.1) is 10.4 Å². The molecule has 1 aliphatic heterocycles. The second-order valence-corrected chi connectivity index (χ2v) is 7.56. The van der Waals surface area contributed by atoms with Crippen LogP contribution in [0.3, 0.4) is 0 Å². The minimum absolute atomic E-state index is 0.104. The van der Waals surface area contributed by atoms with Gasteiger partial charge in [-0.3, -0.25) is 9.69 Å². The highest BCUT2D eigenvalue weighted by molar-refractivity contribution is 7.16. The number of nitrogens with two attached hydrogens (primary N) is 2. The summed E-state index contributed by atoms with van der Waals surface area (Å²) in [5.41, 5.74) is 11.6. The first-order valence-electron chi connectivity index (χ1n) is 7.54. The van der Waals surface area contributed by atoms with Crippen LogP contribution in [0.25, 0.3) is 0 Å². The molecule has 0 saturated carbocycles. The Bertz CT molecular complexity index is 471. The van der Waals surface area contributed by atoms with E-state index in [1.165, 1.54) is 4.88 Å². The Morgan fingerprint density at radius 2 is 2.14 bits per heavy atom. The van der Waals surface area contributed by atoms with Gasteiger partial charge in [-0.2, -0.15) is 0 Å². The van der Waals surface area contributed by atoms with Gasteiger partial charge >= 0.3 is 0 Å². The lowest BCUT2D eigenvalue weighted by molar-refractivity contribution is -0.119. The summed E-state index contributed by atoms with van der Waals surface area (Å²) in [6.07, 6.45) is 3.45. The van der Waals surface area contributed by atoms with Crippen molar-refractivity contribution in [2.45, 2.75) is 44.7 Å². The number of rotatable bonds is 6. The van der Waals surface area contributed by atoms with Gasteiger partial charge < -0.3 is 11.5 Å². The summed E-state index contributed by atoms with van der Waals surface area (Å²) >= 11 is 7.69. The molecule has 0 bridgehead atoms. The third-order valence-electron chi connectivity index (χ3n) is 4.29. The van der Waals surface area contributed by atoms with Crippen molar-refractivity contribution in [1.29, 1.82) is 0 Å². The lowest BCUT2D eigenvalue weighted by Crippen LogP contribution is -2.44. The Morgan fingerprint density at radius 1 is 1.48 bits per heavy atom. The fourth-order valence-corrected chi connectivity index (χ4v) is 4.36. The molecule has 0 aromatic carbocycles. The number of thiophene rings is 1. The molecule has 2 atom stereocenters. The summed E-state index contributed by atoms with van der Waals surface area (Å²) in [4.78, 5) is 14.7. The summed E-state index contributed by atoms with van der Waals surface area (Å²) in [6, 6.07) is 4.36. The predicted molar refractivity (Wildman–Crippen MR) is 88.4 cm³/mol. The molecule has 6 heteroatoms. The van der Waals surface area contributed by atoms with Crippen LogP contribution in [0, 0.1) is 5.92 Å². The summed E-state index contributed by atoms with van der Waals surface area (Å²) in [7, 11) is 0. The van der Waals surface area contributed by atoms with Crippen molar-refractivity contribution in [3.63, 3.8) is 0 Å². The van der Waals surface area contributed by atoms with Crippen LogP contribution >= 0.6 is 22.9 Å². The van der Waals surface area contributed by atoms with E-state index in [4.69, 9.17) is 23.1 Å². The number of carbonyl (C=O) groups excluding carboxylic acids is 1. The lowest BCUT2D eigenvalue weighted by Gasteiger charge is -2.39. The number of likely N-dealkylation sites (tertiary alicyclic amines) is 1. The Morgan fingerprint density at radius 3 is 2.62 bits per heavy atom. The topological polar surface area (TPSA) is 72.3 Å². The fraction of sp³-hybridized carbons (Fsp3) is 0.667. The van der Waals surface area contributed by atoms with E-state index in [9.17, 15) is 4.79 Å². The standard InChI is InChI=1S/C15H24ClN3OS/c1-2-11(17)15(12-3-4-13(16)21-12)19-7-5-10(6-8-19)9-14(18)20/h3-4,10-11,15H,2,5-9,17H2,1H3,(H2,18,20). The fourth-order valence-electron chi connectivity index (χ4n) is 3.09. The van der Waals surface area contributed by atoms with E-state index in [-0.39, 0.29) is 18.0 Å². The highest BCUT2D eigenvalue weighted by atomic mass is 35.5. The Kier molecular flexibility index (Phi) is 6.05. The van der Waals surface area contributed by atoms with Crippen molar-refractivity contribution in [2.75, 3.05) is 13.1 Å². The maximum atomic E-state index is 11.0. The van der Waals surface area contributed by atoms with Crippen LogP contribution in [0.1, 0.15) is 43.5 Å². The van der Waals surface area contributed by atoms with Crippen molar-refractivity contribution in [3.05, 3.63) is 21.3 Å². The van der Waals surface area contributed by atoms with E-state index in [1.807, 2.05) is 6.07 Å². The van der Waals surface area contributed by atoms with E-state index in [2.05, 4.69) is 17.9 Å². The van der Waals surface area contributed by atoms with E-state index < -0.39 is 0 Å². The molecule has 2 heterocycles. The van der Waals surface area contributed by atoms with Gasteiger partial charge in [0.1, 0.15) is 0 Å². The Hall–Kier alpha value is -0.620. The number of hydrogen-bond donors (Lipinski definition) is 2. The number of carbonyl (C=O) groups is 1. The van der Waals surface area contributed by atoms with Gasteiger partial charge in [0.25, 0.3) is 0 Å². The summed E-state index contributed by atoms with van der Waals surface area (Å²) in [5.74, 6) is 0.226. The average molecular weight is 330 g/mol. The van der Waals surface area contributed by atoms with E-state index in [1.54, 1.807) is 11.3 Å². The first-order valence-corrected chi connectivity index (χ1v) is 8.73. The highest BCUT2D eigenvalue weighted by Gasteiger charge is 2.30. The van der Waals surface area contributed by atoms with Crippen molar-refractivity contribution >= 4 is 28.8 Å². The average Bonchev–Trinajstić information content (AvgIpc) is 2.86. The molecule has 118 valence electrons. The number of nitrogens with zero attached hydrogens (tertiary/aromatic N) is 1. The second-order valence-electron chi connectivity index (χ2n) is 5.81. The molecule has 21 heavy (non-hydrogen) atoms. The second kappa shape index (κ2) is 7.58. The van der Waals surface area contributed by atoms with Gasteiger partial charge in [0, 0.05) is 17.3 Å². The van der Waals surface area contributed by atoms with Gasteiger partial charge in [-0.05, 0) is 50.4 Å². The molecule has 1 fully saturated rings. The molecule has 2 unspecified atom stereocenters. The van der Waals surface area contributed by atoms with E-state index in [0.29, 0.717) is 12.3 Å². The zero-order valence-electron chi connectivity index (χ0n) is 12.4. The van der Waals surface area contributed by atoms with Crippen molar-refractivity contribution in [3.8, 4) is 0 Å². The Labute approximate surface area is 135 Å². The van der Waals surface area contributed by atoms with Gasteiger partial charge in [0.15, 0.2) is 0 Å². The third-order valence-corrected chi connectivity index (χ3v) is 5.60. The van der Waals surface area contributed by atoms with Crippen LogP contribution < -0.4 is 11.5 Å². The molecule has 1 saturated heterocycles. The molecule has 1 aliphatic rings. The number of halogens is 1. The summed E-state index contributed by atoms with van der Waals surface area (Å²) in [5, 5.41) is 0. The Balaban J connectivity index is 2.04. The molecular formula is C15H24ClN3OS. The van der Waals surface area contributed by atoms with Gasteiger partial charge in [-0.1, -0.05) is 18.5 Å². The van der Waals surface area contributed by atoms with Crippen LogP contribution in [0.15, 0.2) is 12.1 Å². The third kappa shape index (κ3) is 4.42. The minimum atomic E-state index is -0.194. The molecule has 0 radical (unpaired) electrons. The van der Waals surface area contributed by atoms with Crippen LogP contribution in [0.4, 0.5) is 0 Å². The largest absolute Gasteiger partial charge is 0.370 e. The maximum absolute atomic E-state index is 11.0. The van der Waals surface area contributed by atoms with E-state index >= 15 is 0 Å².